The topological polar surface area (TPSA) is 42.0 Å². The van der Waals surface area contributed by atoms with Crippen LogP contribution in [0.2, 0.25) is 5.02 Å². The van der Waals surface area contributed by atoms with Gasteiger partial charge in [-0.1, -0.05) is 48.0 Å². The molecule has 0 aliphatic heterocycles. The van der Waals surface area contributed by atoms with E-state index in [4.69, 9.17) is 11.6 Å². The predicted octanol–water partition coefficient (Wildman–Crippen LogP) is 6.65. The zero-order chi connectivity index (χ0) is 25.9. The van der Waals surface area contributed by atoms with Crippen LogP contribution in [0.25, 0.3) is 0 Å². The Hall–Kier alpha value is -2.72. The van der Waals surface area contributed by atoms with Gasteiger partial charge in [0, 0.05) is 19.0 Å². The van der Waals surface area contributed by atoms with E-state index in [2.05, 4.69) is 10.3 Å². The molecule has 2 aromatic rings. The molecule has 0 radical (unpaired) electrons. The van der Waals surface area contributed by atoms with Gasteiger partial charge < -0.3 is 0 Å². The highest BCUT2D eigenvalue weighted by atomic mass is 35.5. The van der Waals surface area contributed by atoms with Crippen LogP contribution in [0.5, 0.6) is 0 Å². The molecule has 1 aliphatic rings. The Balaban J connectivity index is 2.17. The van der Waals surface area contributed by atoms with Crippen molar-refractivity contribution >= 4 is 17.4 Å². The van der Waals surface area contributed by atoms with Crippen LogP contribution in [0, 0.1) is 5.92 Å². The maximum Gasteiger partial charge on any atom is 0.395 e. The highest BCUT2D eigenvalue weighted by Crippen LogP contribution is 2.43. The zero-order valence-electron chi connectivity index (χ0n) is 18.1. The van der Waals surface area contributed by atoms with Crippen LogP contribution in [0.3, 0.4) is 0 Å². The molecule has 188 valence electrons. The van der Waals surface area contributed by atoms with Gasteiger partial charge in [0.15, 0.2) is 5.78 Å². The van der Waals surface area contributed by atoms with Gasteiger partial charge in [-0.05, 0) is 29.3 Å². The summed E-state index contributed by atoms with van der Waals surface area (Å²) in [5.41, 5.74) is -1.36. The summed E-state index contributed by atoms with van der Waals surface area (Å²) in [6, 6.07) is 11.1. The number of benzene rings is 1. The number of ketones is 1. The largest absolute Gasteiger partial charge is 0.395 e. The van der Waals surface area contributed by atoms with Crippen molar-refractivity contribution in [3.8, 4) is 0 Å². The van der Waals surface area contributed by atoms with E-state index in [1.165, 1.54) is 18.3 Å². The van der Waals surface area contributed by atoms with Crippen LogP contribution in [-0.2, 0) is 16.8 Å². The number of aromatic nitrogens is 1. The van der Waals surface area contributed by atoms with Crippen molar-refractivity contribution in [3.63, 3.8) is 0 Å². The lowest BCUT2D eigenvalue weighted by atomic mass is 9.76. The number of allylic oxidation sites excluding steroid dienone is 2. The van der Waals surface area contributed by atoms with Gasteiger partial charge in [0.1, 0.15) is 12.2 Å². The Morgan fingerprint density at radius 1 is 1.06 bits per heavy atom. The molecule has 0 bridgehead atoms. The SMILES string of the molecule is O=C(CN[C@@](Cc1ccccc1)(C1=CC(C(F)(F)F)CC(F)=C1)c1ccc(Cl)cn1)CC(F)(F)F. The number of alkyl halides is 6. The average Bonchev–Trinajstić information content (AvgIpc) is 2.76. The van der Waals surface area contributed by atoms with Gasteiger partial charge in [0.25, 0.3) is 0 Å². The van der Waals surface area contributed by atoms with Crippen LogP contribution >= 0.6 is 11.6 Å². The highest BCUT2D eigenvalue weighted by Gasteiger charge is 2.45. The van der Waals surface area contributed by atoms with E-state index in [0.29, 0.717) is 5.56 Å². The first-order valence-electron chi connectivity index (χ1n) is 10.4. The highest BCUT2D eigenvalue weighted by molar-refractivity contribution is 6.30. The van der Waals surface area contributed by atoms with Gasteiger partial charge in [-0.25, -0.2) is 4.39 Å². The molecule has 0 saturated heterocycles. The zero-order valence-corrected chi connectivity index (χ0v) is 18.8. The van der Waals surface area contributed by atoms with E-state index < -0.39 is 54.8 Å². The molecule has 1 heterocycles. The van der Waals surface area contributed by atoms with Crippen molar-refractivity contribution in [2.24, 2.45) is 5.92 Å². The Bertz CT molecular complexity index is 1100. The van der Waals surface area contributed by atoms with Gasteiger partial charge in [-0.2, -0.15) is 26.3 Å². The normalized spacial score (nSPS) is 18.5. The lowest BCUT2D eigenvalue weighted by Gasteiger charge is -2.38. The summed E-state index contributed by atoms with van der Waals surface area (Å²) in [6.07, 6.45) is -9.38. The predicted molar refractivity (Wildman–Crippen MR) is 116 cm³/mol. The molecule has 0 saturated carbocycles. The number of pyridine rings is 1. The molecule has 11 heteroatoms. The van der Waals surface area contributed by atoms with Crippen molar-refractivity contribution in [2.45, 2.75) is 37.2 Å². The molecule has 1 aromatic carbocycles. The third-order valence-electron chi connectivity index (χ3n) is 5.48. The lowest BCUT2D eigenvalue weighted by Crippen LogP contribution is -2.49. The molecule has 3 rings (SSSR count). The average molecular weight is 521 g/mol. The smallest absolute Gasteiger partial charge is 0.298 e. The Labute approximate surface area is 201 Å². The number of carbonyl (C=O) groups excluding carboxylic acids is 1. The number of Topliss-reactive ketones (excluding diaryl/α,β-unsaturated/α-hetero) is 1. The van der Waals surface area contributed by atoms with Crippen LogP contribution in [0.1, 0.15) is 24.1 Å². The second kappa shape index (κ2) is 10.5. The summed E-state index contributed by atoms with van der Waals surface area (Å²) in [7, 11) is 0. The summed E-state index contributed by atoms with van der Waals surface area (Å²) in [5.74, 6) is -4.46. The van der Waals surface area contributed by atoms with Crippen LogP contribution in [0.4, 0.5) is 30.7 Å². The number of carbonyl (C=O) groups is 1. The van der Waals surface area contributed by atoms with Crippen molar-refractivity contribution in [3.05, 3.63) is 88.5 Å². The molecule has 1 aromatic heterocycles. The number of nitrogens with one attached hydrogen (secondary N) is 1. The second-order valence-corrected chi connectivity index (χ2v) is 8.62. The number of hydrogen-bond acceptors (Lipinski definition) is 3. The first-order valence-corrected chi connectivity index (χ1v) is 10.8. The summed E-state index contributed by atoms with van der Waals surface area (Å²) in [6.45, 7) is -0.847. The molecule has 35 heavy (non-hydrogen) atoms. The molecule has 0 spiro atoms. The standard InChI is InChI=1S/C24H20ClF7N2O/c25-18-6-7-21(33-13-18)22(11-15-4-2-1-3-5-15,34-14-20(35)12-23(27,28)29)16-8-17(24(30,31)32)10-19(26)9-16/h1-9,13,17,34H,10-12,14H2/t17?,22-/m0/s1. The molecular weight excluding hydrogens is 501 g/mol. The number of halogens is 8. The molecular formula is C24H20ClF7N2O. The summed E-state index contributed by atoms with van der Waals surface area (Å²) < 4.78 is 93.6. The van der Waals surface area contributed by atoms with Crippen molar-refractivity contribution in [1.29, 1.82) is 0 Å². The van der Waals surface area contributed by atoms with Crippen LogP contribution < -0.4 is 5.32 Å². The number of rotatable bonds is 8. The monoisotopic (exact) mass is 520 g/mol. The third kappa shape index (κ3) is 7.14. The van der Waals surface area contributed by atoms with E-state index >= 15 is 0 Å². The quantitative estimate of drug-likeness (QED) is 0.396. The summed E-state index contributed by atoms with van der Waals surface area (Å²) in [4.78, 5) is 16.3. The molecule has 2 atom stereocenters. The molecule has 1 unspecified atom stereocenters. The number of nitrogens with zero attached hydrogens (tertiary/aromatic N) is 1. The molecule has 3 nitrogen and oxygen atoms in total. The van der Waals surface area contributed by atoms with E-state index in [0.717, 1.165) is 12.2 Å². The molecule has 0 amide bonds. The fourth-order valence-corrected chi connectivity index (χ4v) is 4.01. The van der Waals surface area contributed by atoms with Gasteiger partial charge in [0.2, 0.25) is 0 Å². The minimum Gasteiger partial charge on any atom is -0.298 e. The minimum atomic E-state index is -4.77. The van der Waals surface area contributed by atoms with E-state index in [1.54, 1.807) is 30.3 Å². The van der Waals surface area contributed by atoms with Gasteiger partial charge in [0.05, 0.1) is 28.7 Å². The maximum atomic E-state index is 14.5. The van der Waals surface area contributed by atoms with Gasteiger partial charge in [-0.3, -0.25) is 15.1 Å². The fourth-order valence-electron chi connectivity index (χ4n) is 3.90. The van der Waals surface area contributed by atoms with E-state index in [1.807, 2.05) is 0 Å². The molecule has 1 N–H and O–H groups in total. The summed E-state index contributed by atoms with van der Waals surface area (Å²) in [5, 5.41) is 2.90. The number of hydrogen-bond donors (Lipinski definition) is 1. The Morgan fingerprint density at radius 3 is 2.31 bits per heavy atom. The van der Waals surface area contributed by atoms with E-state index in [-0.39, 0.29) is 22.7 Å². The first-order chi connectivity index (χ1) is 16.3. The Kier molecular flexibility index (Phi) is 8.06. The third-order valence-corrected chi connectivity index (χ3v) is 5.71. The van der Waals surface area contributed by atoms with Crippen LogP contribution in [0.15, 0.2) is 72.2 Å². The maximum absolute atomic E-state index is 14.5. The van der Waals surface area contributed by atoms with Crippen molar-refractivity contribution < 1.29 is 35.5 Å². The fraction of sp³-hybridized carbons (Fsp3) is 0.333. The lowest BCUT2D eigenvalue weighted by molar-refractivity contribution is -0.162. The van der Waals surface area contributed by atoms with Crippen molar-refractivity contribution in [2.75, 3.05) is 6.54 Å². The Morgan fingerprint density at radius 2 is 1.74 bits per heavy atom. The van der Waals surface area contributed by atoms with E-state index in [9.17, 15) is 35.5 Å². The summed E-state index contributed by atoms with van der Waals surface area (Å²) >= 11 is 5.92. The molecule has 0 fully saturated rings. The first kappa shape index (κ1) is 26.9. The second-order valence-electron chi connectivity index (χ2n) is 8.18. The van der Waals surface area contributed by atoms with Crippen LogP contribution in [-0.4, -0.2) is 29.7 Å². The van der Waals surface area contributed by atoms with Crippen molar-refractivity contribution in [1.82, 2.24) is 10.3 Å². The molecule has 1 aliphatic carbocycles. The minimum absolute atomic E-state index is 0.0590. The van der Waals surface area contributed by atoms with Gasteiger partial charge >= 0.3 is 12.4 Å². The van der Waals surface area contributed by atoms with Gasteiger partial charge in [-0.15, -0.1) is 0 Å².